The number of hydrogen-bond acceptors (Lipinski definition) is 4. The van der Waals surface area contributed by atoms with E-state index in [4.69, 9.17) is 0 Å². The van der Waals surface area contributed by atoms with Crippen LogP contribution in [-0.4, -0.2) is 54.1 Å². The highest BCUT2D eigenvalue weighted by molar-refractivity contribution is 6.07. The lowest BCUT2D eigenvalue weighted by atomic mass is 9.73. The Labute approximate surface area is 174 Å². The number of anilines is 1. The van der Waals surface area contributed by atoms with E-state index in [-0.39, 0.29) is 17.9 Å². The molecule has 0 unspecified atom stereocenters. The first-order chi connectivity index (χ1) is 14.0. The molecule has 2 atom stereocenters. The summed E-state index contributed by atoms with van der Waals surface area (Å²) < 4.78 is 0. The summed E-state index contributed by atoms with van der Waals surface area (Å²) in [4.78, 5) is 31.6. The Kier molecular flexibility index (Phi) is 5.81. The summed E-state index contributed by atoms with van der Waals surface area (Å²) in [6, 6.07) is 8.48. The first-order valence-electron chi connectivity index (χ1n) is 11.2. The van der Waals surface area contributed by atoms with Crippen LogP contribution in [0.3, 0.4) is 0 Å². The summed E-state index contributed by atoms with van der Waals surface area (Å²) in [7, 11) is 1.97. The molecule has 6 heteroatoms. The lowest BCUT2D eigenvalue weighted by Gasteiger charge is -2.37. The molecule has 2 heterocycles. The van der Waals surface area contributed by atoms with Crippen LogP contribution in [-0.2, 0) is 11.3 Å². The van der Waals surface area contributed by atoms with Crippen LogP contribution in [0.1, 0.15) is 57.4 Å². The minimum atomic E-state index is -0.674. The number of hydrogen-bond donors (Lipinski definition) is 1. The second-order valence-corrected chi connectivity index (χ2v) is 9.15. The predicted octanol–water partition coefficient (Wildman–Crippen LogP) is 3.57. The van der Waals surface area contributed by atoms with Crippen LogP contribution in [0.15, 0.2) is 24.3 Å². The maximum Gasteiger partial charge on any atom is 0.326 e. The molecule has 1 aromatic rings. The largest absolute Gasteiger partial charge is 0.372 e. The Bertz CT molecular complexity index is 744. The van der Waals surface area contributed by atoms with E-state index in [1.165, 1.54) is 35.4 Å². The van der Waals surface area contributed by atoms with Gasteiger partial charge in [0.25, 0.3) is 5.91 Å². The summed E-state index contributed by atoms with van der Waals surface area (Å²) in [6.07, 6.45) is 7.79. The maximum atomic E-state index is 13.1. The molecule has 1 aromatic carbocycles. The van der Waals surface area contributed by atoms with E-state index in [9.17, 15) is 9.59 Å². The maximum absolute atomic E-state index is 13.1. The van der Waals surface area contributed by atoms with E-state index < -0.39 is 5.54 Å². The van der Waals surface area contributed by atoms with Crippen molar-refractivity contribution in [1.29, 1.82) is 0 Å². The third kappa shape index (κ3) is 4.00. The van der Waals surface area contributed by atoms with Crippen LogP contribution in [0.25, 0.3) is 0 Å². The van der Waals surface area contributed by atoms with Gasteiger partial charge in [0.05, 0.1) is 6.67 Å². The Balaban J connectivity index is 1.36. The smallest absolute Gasteiger partial charge is 0.326 e. The zero-order valence-corrected chi connectivity index (χ0v) is 17.8. The highest BCUT2D eigenvalue weighted by atomic mass is 16.2. The van der Waals surface area contributed by atoms with E-state index in [0.29, 0.717) is 13.2 Å². The molecular weight excluding hydrogens is 364 g/mol. The lowest BCUT2D eigenvalue weighted by Crippen LogP contribution is -2.54. The van der Waals surface area contributed by atoms with Gasteiger partial charge >= 0.3 is 6.03 Å². The summed E-state index contributed by atoms with van der Waals surface area (Å²) >= 11 is 0. The van der Waals surface area contributed by atoms with Gasteiger partial charge in [-0.05, 0) is 62.8 Å². The van der Waals surface area contributed by atoms with Crippen molar-refractivity contribution in [3.8, 4) is 0 Å². The quantitative estimate of drug-likeness (QED) is 0.771. The first-order valence-corrected chi connectivity index (χ1v) is 11.2. The van der Waals surface area contributed by atoms with Crippen molar-refractivity contribution in [1.82, 2.24) is 15.1 Å². The van der Waals surface area contributed by atoms with Gasteiger partial charge in [0.1, 0.15) is 5.54 Å². The van der Waals surface area contributed by atoms with Gasteiger partial charge in [-0.25, -0.2) is 9.69 Å². The fourth-order valence-corrected chi connectivity index (χ4v) is 5.19. The fourth-order valence-electron chi connectivity index (χ4n) is 5.19. The van der Waals surface area contributed by atoms with Crippen LogP contribution in [0, 0.1) is 5.92 Å². The number of piperidine rings is 1. The molecule has 0 radical (unpaired) electrons. The summed E-state index contributed by atoms with van der Waals surface area (Å²) in [5, 5.41) is 3.04. The Morgan fingerprint density at radius 1 is 1.07 bits per heavy atom. The van der Waals surface area contributed by atoms with Gasteiger partial charge in [0.15, 0.2) is 0 Å². The molecule has 158 valence electrons. The van der Waals surface area contributed by atoms with Crippen molar-refractivity contribution < 1.29 is 9.59 Å². The predicted molar refractivity (Wildman–Crippen MR) is 115 cm³/mol. The van der Waals surface area contributed by atoms with Crippen LogP contribution in [0.4, 0.5) is 10.5 Å². The van der Waals surface area contributed by atoms with Gasteiger partial charge in [0.2, 0.25) is 0 Å². The molecule has 1 spiro atoms. The number of urea groups is 1. The molecule has 1 N–H and O–H groups in total. The highest BCUT2D eigenvalue weighted by Crippen LogP contribution is 2.38. The van der Waals surface area contributed by atoms with Crippen molar-refractivity contribution >= 4 is 17.6 Å². The standard InChI is InChI=1S/C23H34N4O2/c1-18-8-4-5-13-23(18)21(28)27(22(29)24-23)17-25(2)16-19-9-11-20(12-10-19)26-14-6-3-7-15-26/h9-12,18H,3-8,13-17H2,1-2H3,(H,24,29)/t18-,23-/m0/s1. The summed E-state index contributed by atoms with van der Waals surface area (Å²) in [5.41, 5.74) is 1.81. The van der Waals surface area contributed by atoms with Gasteiger partial charge < -0.3 is 10.2 Å². The molecule has 0 aromatic heterocycles. The van der Waals surface area contributed by atoms with Gasteiger partial charge in [-0.15, -0.1) is 0 Å². The monoisotopic (exact) mass is 398 g/mol. The minimum Gasteiger partial charge on any atom is -0.372 e. The van der Waals surface area contributed by atoms with Crippen LogP contribution >= 0.6 is 0 Å². The fraction of sp³-hybridized carbons (Fsp3) is 0.652. The Morgan fingerprint density at radius 3 is 2.48 bits per heavy atom. The molecule has 2 saturated heterocycles. The van der Waals surface area contributed by atoms with E-state index in [2.05, 4.69) is 41.4 Å². The van der Waals surface area contributed by atoms with E-state index in [0.717, 1.165) is 38.8 Å². The number of carbonyl (C=O) groups excluding carboxylic acids is 2. The molecule has 1 saturated carbocycles. The van der Waals surface area contributed by atoms with Crippen molar-refractivity contribution in [3.05, 3.63) is 29.8 Å². The second-order valence-electron chi connectivity index (χ2n) is 9.15. The molecule has 3 fully saturated rings. The molecular formula is C23H34N4O2. The third-order valence-corrected chi connectivity index (χ3v) is 6.99. The van der Waals surface area contributed by atoms with Crippen molar-refractivity contribution in [2.24, 2.45) is 5.92 Å². The zero-order chi connectivity index (χ0) is 20.4. The van der Waals surface area contributed by atoms with Gasteiger partial charge in [-0.1, -0.05) is 31.9 Å². The second kappa shape index (κ2) is 8.34. The molecule has 3 aliphatic rings. The molecule has 29 heavy (non-hydrogen) atoms. The number of rotatable bonds is 5. The van der Waals surface area contributed by atoms with Crippen LogP contribution < -0.4 is 10.2 Å². The van der Waals surface area contributed by atoms with Gasteiger partial charge in [-0.2, -0.15) is 0 Å². The Morgan fingerprint density at radius 2 is 1.79 bits per heavy atom. The number of imide groups is 1. The van der Waals surface area contributed by atoms with E-state index >= 15 is 0 Å². The lowest BCUT2D eigenvalue weighted by molar-refractivity contribution is -0.135. The molecule has 2 aliphatic heterocycles. The number of nitrogens with zero attached hydrogens (tertiary/aromatic N) is 3. The van der Waals surface area contributed by atoms with E-state index in [1.54, 1.807) is 0 Å². The topological polar surface area (TPSA) is 55.9 Å². The number of benzene rings is 1. The number of amides is 3. The Hall–Kier alpha value is -2.08. The van der Waals surface area contributed by atoms with Crippen LogP contribution in [0.2, 0.25) is 0 Å². The van der Waals surface area contributed by atoms with Gasteiger partial charge in [-0.3, -0.25) is 9.69 Å². The van der Waals surface area contributed by atoms with E-state index in [1.807, 2.05) is 11.9 Å². The molecule has 4 rings (SSSR count). The normalized spacial score (nSPS) is 27.8. The number of nitrogens with one attached hydrogen (secondary N) is 1. The minimum absolute atomic E-state index is 0.0398. The summed E-state index contributed by atoms with van der Waals surface area (Å²) in [6.45, 7) is 5.42. The molecule has 0 bridgehead atoms. The summed E-state index contributed by atoms with van der Waals surface area (Å²) in [5.74, 6) is 0.160. The molecule has 6 nitrogen and oxygen atoms in total. The van der Waals surface area contributed by atoms with Crippen molar-refractivity contribution in [2.45, 2.75) is 64.0 Å². The van der Waals surface area contributed by atoms with Crippen LogP contribution in [0.5, 0.6) is 0 Å². The number of carbonyl (C=O) groups is 2. The first kappa shape index (κ1) is 20.2. The molecule has 3 amide bonds. The van der Waals surface area contributed by atoms with Gasteiger partial charge in [0, 0.05) is 25.3 Å². The SMILES string of the molecule is C[C@H]1CCCC[C@]12NC(=O)N(CN(C)Cc1ccc(N3CCCCC3)cc1)C2=O. The molecule has 1 aliphatic carbocycles. The highest BCUT2D eigenvalue weighted by Gasteiger charge is 2.54. The average Bonchev–Trinajstić information content (AvgIpc) is 2.96. The van der Waals surface area contributed by atoms with Crippen molar-refractivity contribution in [2.75, 3.05) is 31.7 Å². The zero-order valence-electron chi connectivity index (χ0n) is 17.8. The third-order valence-electron chi connectivity index (χ3n) is 6.99. The average molecular weight is 399 g/mol. The van der Waals surface area contributed by atoms with Crippen molar-refractivity contribution in [3.63, 3.8) is 0 Å².